The summed E-state index contributed by atoms with van der Waals surface area (Å²) in [5.41, 5.74) is 3.96. The van der Waals surface area contributed by atoms with Gasteiger partial charge in [-0.05, 0) is 74.6 Å². The SMILES string of the molecule is Cc1cc(SCC(=O)N[C@H](C)[C@H]2C[C@H]3CC[C@H]2C3)n2c(nc3ccccc32)c1C#N. The minimum atomic E-state index is 0.0786. The van der Waals surface area contributed by atoms with Gasteiger partial charge in [0.25, 0.3) is 0 Å². The van der Waals surface area contributed by atoms with Crippen LogP contribution in [0, 0.1) is 36.0 Å². The molecule has 3 aromatic rings. The first kappa shape index (κ1) is 19.4. The van der Waals surface area contributed by atoms with Gasteiger partial charge >= 0.3 is 0 Å². The quantitative estimate of drug-likeness (QED) is 0.610. The number of carbonyl (C=O) groups excluding carboxylic acids is 1. The third-order valence-corrected chi connectivity index (χ3v) is 8.03. The van der Waals surface area contributed by atoms with E-state index in [1.807, 2.05) is 41.7 Å². The lowest BCUT2D eigenvalue weighted by molar-refractivity contribution is -0.119. The molecule has 5 rings (SSSR count). The van der Waals surface area contributed by atoms with Crippen molar-refractivity contribution in [1.82, 2.24) is 14.7 Å². The topological polar surface area (TPSA) is 70.2 Å². The van der Waals surface area contributed by atoms with Crippen molar-refractivity contribution in [3.05, 3.63) is 41.5 Å². The number of hydrogen-bond acceptors (Lipinski definition) is 4. The van der Waals surface area contributed by atoms with Crippen LogP contribution in [0.3, 0.4) is 0 Å². The van der Waals surface area contributed by atoms with Crippen LogP contribution in [0.25, 0.3) is 16.7 Å². The predicted octanol–water partition coefficient (Wildman–Crippen LogP) is 4.70. The van der Waals surface area contributed by atoms with Crippen molar-refractivity contribution < 1.29 is 4.79 Å². The summed E-state index contributed by atoms with van der Waals surface area (Å²) in [5.74, 6) is 2.77. The molecule has 4 atom stereocenters. The van der Waals surface area contributed by atoms with Gasteiger partial charge in [0.1, 0.15) is 6.07 Å². The number of nitriles is 1. The molecule has 154 valence electrons. The molecular weight excluding hydrogens is 392 g/mol. The lowest BCUT2D eigenvalue weighted by Crippen LogP contribution is -2.40. The highest BCUT2D eigenvalue weighted by molar-refractivity contribution is 7.99. The monoisotopic (exact) mass is 418 g/mol. The predicted molar refractivity (Wildman–Crippen MR) is 119 cm³/mol. The van der Waals surface area contributed by atoms with Gasteiger partial charge in [-0.1, -0.05) is 30.3 Å². The maximum absolute atomic E-state index is 12.7. The highest BCUT2D eigenvalue weighted by atomic mass is 32.2. The van der Waals surface area contributed by atoms with Crippen LogP contribution in [0.5, 0.6) is 0 Å². The Morgan fingerprint density at radius 2 is 2.20 bits per heavy atom. The normalized spacial score (nSPS) is 23.7. The minimum Gasteiger partial charge on any atom is -0.353 e. The summed E-state index contributed by atoms with van der Waals surface area (Å²) >= 11 is 1.51. The van der Waals surface area contributed by atoms with Crippen molar-refractivity contribution in [3.8, 4) is 6.07 Å². The maximum Gasteiger partial charge on any atom is 0.230 e. The van der Waals surface area contributed by atoms with E-state index in [-0.39, 0.29) is 11.9 Å². The Kier molecular flexibility index (Phi) is 4.94. The molecule has 0 unspecified atom stereocenters. The molecule has 1 amide bonds. The van der Waals surface area contributed by atoms with E-state index in [4.69, 9.17) is 0 Å². The fraction of sp³-hybridized carbons (Fsp3) is 0.458. The molecule has 2 heterocycles. The summed E-state index contributed by atoms with van der Waals surface area (Å²) in [5, 5.41) is 13.8. The number of amides is 1. The summed E-state index contributed by atoms with van der Waals surface area (Å²) in [6, 6.07) is 12.4. The molecule has 2 saturated carbocycles. The van der Waals surface area contributed by atoms with E-state index < -0.39 is 0 Å². The van der Waals surface area contributed by atoms with E-state index in [0.29, 0.717) is 22.9 Å². The van der Waals surface area contributed by atoms with Gasteiger partial charge in [-0.2, -0.15) is 5.26 Å². The second kappa shape index (κ2) is 7.63. The number of rotatable bonds is 5. The zero-order chi connectivity index (χ0) is 20.8. The van der Waals surface area contributed by atoms with Crippen LogP contribution in [0.4, 0.5) is 0 Å². The van der Waals surface area contributed by atoms with E-state index in [0.717, 1.165) is 33.5 Å². The zero-order valence-corrected chi connectivity index (χ0v) is 18.2. The van der Waals surface area contributed by atoms with E-state index in [1.165, 1.54) is 37.4 Å². The number of para-hydroxylation sites is 2. The molecule has 0 saturated heterocycles. The van der Waals surface area contributed by atoms with Gasteiger partial charge in [0.2, 0.25) is 5.91 Å². The highest BCUT2D eigenvalue weighted by Crippen LogP contribution is 2.49. The Morgan fingerprint density at radius 1 is 1.37 bits per heavy atom. The Morgan fingerprint density at radius 3 is 2.93 bits per heavy atom. The van der Waals surface area contributed by atoms with Gasteiger partial charge in [0.15, 0.2) is 5.65 Å². The third-order valence-electron chi connectivity index (χ3n) is 7.03. The molecule has 1 aromatic carbocycles. The molecule has 0 radical (unpaired) electrons. The number of pyridine rings is 1. The molecule has 6 heteroatoms. The fourth-order valence-corrected chi connectivity index (χ4v) is 6.54. The van der Waals surface area contributed by atoms with Crippen molar-refractivity contribution in [3.63, 3.8) is 0 Å². The molecule has 0 spiro atoms. The van der Waals surface area contributed by atoms with Crippen molar-refractivity contribution >= 4 is 34.3 Å². The molecule has 2 aliphatic carbocycles. The molecule has 5 nitrogen and oxygen atoms in total. The van der Waals surface area contributed by atoms with E-state index in [1.54, 1.807) is 0 Å². The standard InChI is InChI=1S/C24H26N4OS/c1-14-9-23(28-21-6-4-3-5-20(21)27-24(28)19(14)12-25)30-13-22(29)26-15(2)18-11-16-7-8-17(18)10-16/h3-6,9,15-18H,7-8,10-11,13H2,1-2H3,(H,26,29)/t15-,16+,17+,18-/m1/s1. The number of hydrogen-bond donors (Lipinski definition) is 1. The summed E-state index contributed by atoms with van der Waals surface area (Å²) in [4.78, 5) is 17.4. The second-order valence-corrected chi connectivity index (χ2v) is 9.89. The van der Waals surface area contributed by atoms with Crippen molar-refractivity contribution in [1.29, 1.82) is 5.26 Å². The first-order valence-corrected chi connectivity index (χ1v) is 11.8. The third kappa shape index (κ3) is 3.26. The average Bonchev–Trinajstić information content (AvgIpc) is 3.46. The first-order valence-electron chi connectivity index (χ1n) is 10.8. The van der Waals surface area contributed by atoms with Crippen LogP contribution in [0.1, 0.15) is 43.7 Å². The Hall–Kier alpha value is -2.52. The fourth-order valence-electron chi connectivity index (χ4n) is 5.61. The van der Waals surface area contributed by atoms with Crippen LogP contribution >= 0.6 is 11.8 Å². The Labute approximate surface area is 180 Å². The van der Waals surface area contributed by atoms with Crippen LogP contribution in [-0.4, -0.2) is 27.1 Å². The highest BCUT2D eigenvalue weighted by Gasteiger charge is 2.42. The number of imidazole rings is 1. The lowest BCUT2D eigenvalue weighted by atomic mass is 9.84. The molecule has 0 aliphatic heterocycles. The van der Waals surface area contributed by atoms with Crippen LogP contribution in [0.15, 0.2) is 35.4 Å². The number of benzene rings is 1. The number of nitrogens with zero attached hydrogens (tertiary/aromatic N) is 3. The van der Waals surface area contributed by atoms with Gasteiger partial charge in [-0.3, -0.25) is 9.20 Å². The van der Waals surface area contributed by atoms with Crippen LogP contribution < -0.4 is 5.32 Å². The summed E-state index contributed by atoms with van der Waals surface area (Å²) in [6.45, 7) is 4.10. The maximum atomic E-state index is 12.7. The summed E-state index contributed by atoms with van der Waals surface area (Å²) in [6.07, 6.45) is 5.34. The average molecular weight is 419 g/mol. The molecule has 2 fully saturated rings. The van der Waals surface area contributed by atoms with Crippen LogP contribution in [0.2, 0.25) is 0 Å². The number of aromatic nitrogens is 2. The van der Waals surface area contributed by atoms with Crippen molar-refractivity contribution in [2.75, 3.05) is 5.75 Å². The molecule has 1 N–H and O–H groups in total. The molecular formula is C24H26N4OS. The number of carbonyl (C=O) groups is 1. The molecule has 30 heavy (non-hydrogen) atoms. The zero-order valence-electron chi connectivity index (χ0n) is 17.4. The molecule has 2 aliphatic rings. The second-order valence-electron chi connectivity index (χ2n) is 8.90. The summed E-state index contributed by atoms with van der Waals surface area (Å²) < 4.78 is 2.01. The first-order chi connectivity index (χ1) is 14.5. The van der Waals surface area contributed by atoms with Gasteiger partial charge in [0, 0.05) is 6.04 Å². The van der Waals surface area contributed by atoms with Crippen molar-refractivity contribution in [2.24, 2.45) is 17.8 Å². The Balaban J connectivity index is 1.36. The van der Waals surface area contributed by atoms with E-state index >= 15 is 0 Å². The molecule has 2 bridgehead atoms. The number of nitrogens with one attached hydrogen (secondary N) is 1. The van der Waals surface area contributed by atoms with Gasteiger partial charge in [-0.15, -0.1) is 0 Å². The number of aryl methyl sites for hydroxylation is 1. The Bertz CT molecular complexity index is 1180. The number of fused-ring (bicyclic) bond motifs is 5. The largest absolute Gasteiger partial charge is 0.353 e. The van der Waals surface area contributed by atoms with E-state index in [9.17, 15) is 10.1 Å². The van der Waals surface area contributed by atoms with E-state index in [2.05, 4.69) is 23.3 Å². The summed E-state index contributed by atoms with van der Waals surface area (Å²) in [7, 11) is 0. The van der Waals surface area contributed by atoms with Crippen molar-refractivity contribution in [2.45, 2.75) is 50.6 Å². The van der Waals surface area contributed by atoms with Crippen LogP contribution in [-0.2, 0) is 4.79 Å². The van der Waals surface area contributed by atoms with Gasteiger partial charge in [0.05, 0.1) is 27.4 Å². The minimum absolute atomic E-state index is 0.0786. The molecule has 2 aromatic heterocycles. The van der Waals surface area contributed by atoms with Gasteiger partial charge in [-0.25, -0.2) is 4.98 Å². The lowest BCUT2D eigenvalue weighted by Gasteiger charge is -2.28. The smallest absolute Gasteiger partial charge is 0.230 e. The number of thioether (sulfide) groups is 1. The van der Waals surface area contributed by atoms with Gasteiger partial charge < -0.3 is 5.32 Å².